The standard InChI is InChI=1S/C25H24ClNO5/c26-16-11-15(12-17(28)13-16)24(30)23(29)9-10-27-25(31)32-14-22-20-7-3-1-5-18(20)19-6-2-4-8-21(19)22/h1-8,11-13,22-24,28-30H,9-10,14H2,(H,27,31). The van der Waals surface area contributed by atoms with Gasteiger partial charge in [-0.3, -0.25) is 0 Å². The summed E-state index contributed by atoms with van der Waals surface area (Å²) in [7, 11) is 0. The SMILES string of the molecule is O=C(NCCC(O)C(O)c1cc(O)cc(Cl)c1)OCC1c2ccccc2-c2ccccc21. The van der Waals surface area contributed by atoms with Crippen molar-refractivity contribution < 1.29 is 24.9 Å². The summed E-state index contributed by atoms with van der Waals surface area (Å²) in [6.45, 7) is 0.314. The molecule has 0 aromatic heterocycles. The summed E-state index contributed by atoms with van der Waals surface area (Å²) in [6, 6.07) is 20.3. The van der Waals surface area contributed by atoms with Crippen LogP contribution in [0.1, 0.15) is 35.1 Å². The lowest BCUT2D eigenvalue weighted by Crippen LogP contribution is -2.30. The number of carbonyl (C=O) groups excluding carboxylic acids is 1. The molecule has 2 unspecified atom stereocenters. The van der Waals surface area contributed by atoms with E-state index in [1.165, 1.54) is 18.2 Å². The van der Waals surface area contributed by atoms with Crippen LogP contribution >= 0.6 is 11.6 Å². The summed E-state index contributed by atoms with van der Waals surface area (Å²) in [4.78, 5) is 12.2. The number of aliphatic hydroxyl groups is 2. The Kier molecular flexibility index (Phi) is 6.65. The third-order valence-corrected chi connectivity index (χ3v) is 5.88. The van der Waals surface area contributed by atoms with E-state index in [9.17, 15) is 20.1 Å². The van der Waals surface area contributed by atoms with E-state index in [0.717, 1.165) is 22.3 Å². The van der Waals surface area contributed by atoms with Gasteiger partial charge in [-0.25, -0.2) is 4.79 Å². The van der Waals surface area contributed by atoms with Crippen molar-refractivity contribution in [3.63, 3.8) is 0 Å². The largest absolute Gasteiger partial charge is 0.508 e. The molecule has 32 heavy (non-hydrogen) atoms. The number of carbonyl (C=O) groups is 1. The highest BCUT2D eigenvalue weighted by molar-refractivity contribution is 6.30. The fraction of sp³-hybridized carbons (Fsp3) is 0.240. The molecule has 1 amide bonds. The minimum absolute atomic E-state index is 0.0314. The summed E-state index contributed by atoms with van der Waals surface area (Å²) in [6.07, 6.45) is -2.89. The predicted octanol–water partition coefficient (Wildman–Crippen LogP) is 4.37. The average Bonchev–Trinajstić information content (AvgIpc) is 3.10. The van der Waals surface area contributed by atoms with Crippen LogP contribution in [0.3, 0.4) is 0 Å². The highest BCUT2D eigenvalue weighted by Gasteiger charge is 2.29. The van der Waals surface area contributed by atoms with Crippen LogP contribution in [0.5, 0.6) is 5.75 Å². The van der Waals surface area contributed by atoms with Gasteiger partial charge in [0.05, 0.1) is 6.10 Å². The number of aromatic hydroxyl groups is 1. The number of phenolic OH excluding ortho intramolecular Hbond substituents is 1. The van der Waals surface area contributed by atoms with Gasteiger partial charge in [-0.1, -0.05) is 60.1 Å². The van der Waals surface area contributed by atoms with Crippen LogP contribution in [0.25, 0.3) is 11.1 Å². The first-order chi connectivity index (χ1) is 15.4. The van der Waals surface area contributed by atoms with Gasteiger partial charge in [0.15, 0.2) is 0 Å². The lowest BCUT2D eigenvalue weighted by Gasteiger charge is -2.19. The maximum Gasteiger partial charge on any atom is 0.407 e. The first-order valence-electron chi connectivity index (χ1n) is 10.4. The fourth-order valence-electron chi connectivity index (χ4n) is 4.12. The maximum atomic E-state index is 12.2. The normalized spacial score (nSPS) is 14.3. The van der Waals surface area contributed by atoms with E-state index < -0.39 is 18.3 Å². The van der Waals surface area contributed by atoms with Crippen molar-refractivity contribution in [1.29, 1.82) is 0 Å². The molecule has 0 spiro atoms. The van der Waals surface area contributed by atoms with Gasteiger partial charge in [0, 0.05) is 17.5 Å². The third kappa shape index (κ3) is 4.72. The van der Waals surface area contributed by atoms with E-state index in [0.29, 0.717) is 5.56 Å². The van der Waals surface area contributed by atoms with Gasteiger partial charge in [-0.2, -0.15) is 0 Å². The zero-order chi connectivity index (χ0) is 22.7. The lowest BCUT2D eigenvalue weighted by molar-refractivity contribution is 0.0136. The van der Waals surface area contributed by atoms with Crippen LogP contribution in [-0.4, -0.2) is 40.7 Å². The number of benzene rings is 3. The van der Waals surface area contributed by atoms with Crippen LogP contribution in [-0.2, 0) is 4.74 Å². The third-order valence-electron chi connectivity index (χ3n) is 5.66. The van der Waals surface area contributed by atoms with Gasteiger partial charge in [-0.15, -0.1) is 0 Å². The Balaban J connectivity index is 1.29. The van der Waals surface area contributed by atoms with Crippen molar-refractivity contribution in [3.05, 3.63) is 88.4 Å². The molecule has 0 saturated carbocycles. The minimum Gasteiger partial charge on any atom is -0.508 e. The summed E-state index contributed by atoms with van der Waals surface area (Å²) >= 11 is 5.87. The molecule has 1 aliphatic carbocycles. The van der Waals surface area contributed by atoms with Crippen molar-refractivity contribution in [2.75, 3.05) is 13.2 Å². The van der Waals surface area contributed by atoms with E-state index in [4.69, 9.17) is 16.3 Å². The molecule has 166 valence electrons. The lowest BCUT2D eigenvalue weighted by atomic mass is 9.98. The molecule has 0 aliphatic heterocycles. The van der Waals surface area contributed by atoms with E-state index in [1.54, 1.807) is 0 Å². The minimum atomic E-state index is -1.25. The Morgan fingerprint density at radius 3 is 2.25 bits per heavy atom. The first kappa shape index (κ1) is 22.1. The predicted molar refractivity (Wildman–Crippen MR) is 122 cm³/mol. The van der Waals surface area contributed by atoms with Crippen molar-refractivity contribution in [1.82, 2.24) is 5.32 Å². The smallest absolute Gasteiger partial charge is 0.407 e. The van der Waals surface area contributed by atoms with Gasteiger partial charge in [0.2, 0.25) is 0 Å². The number of hydrogen-bond acceptors (Lipinski definition) is 5. The second kappa shape index (κ2) is 9.61. The topological polar surface area (TPSA) is 99.0 Å². The molecular formula is C25H24ClNO5. The van der Waals surface area contributed by atoms with E-state index >= 15 is 0 Å². The number of hydrogen-bond donors (Lipinski definition) is 4. The summed E-state index contributed by atoms with van der Waals surface area (Å²) in [5, 5.41) is 32.9. The second-order valence-electron chi connectivity index (χ2n) is 7.80. The Hall–Kier alpha value is -3.06. The number of aliphatic hydroxyl groups excluding tert-OH is 2. The second-order valence-corrected chi connectivity index (χ2v) is 8.23. The molecular weight excluding hydrogens is 430 g/mol. The van der Waals surface area contributed by atoms with Crippen molar-refractivity contribution >= 4 is 17.7 Å². The molecule has 6 nitrogen and oxygen atoms in total. The Labute approximate surface area is 191 Å². The van der Waals surface area contributed by atoms with Crippen LogP contribution in [0, 0.1) is 0 Å². The van der Waals surface area contributed by atoms with Gasteiger partial charge in [0.25, 0.3) is 0 Å². The zero-order valence-corrected chi connectivity index (χ0v) is 18.0. The Bertz CT molecular complexity index is 1050. The maximum absolute atomic E-state index is 12.2. The molecule has 3 aromatic carbocycles. The van der Waals surface area contributed by atoms with Crippen LogP contribution in [0.4, 0.5) is 4.79 Å². The molecule has 3 aromatic rings. The molecule has 7 heteroatoms. The molecule has 1 aliphatic rings. The van der Waals surface area contributed by atoms with Crippen LogP contribution < -0.4 is 5.32 Å². The van der Waals surface area contributed by atoms with Crippen molar-refractivity contribution in [2.24, 2.45) is 0 Å². The number of halogens is 1. The molecule has 4 rings (SSSR count). The molecule has 0 fully saturated rings. The van der Waals surface area contributed by atoms with Gasteiger partial charge in [0.1, 0.15) is 18.5 Å². The monoisotopic (exact) mass is 453 g/mol. The number of rotatable bonds is 7. The van der Waals surface area contributed by atoms with Crippen LogP contribution in [0.15, 0.2) is 66.7 Å². The zero-order valence-electron chi connectivity index (χ0n) is 17.2. The van der Waals surface area contributed by atoms with E-state index in [1.807, 2.05) is 36.4 Å². The number of nitrogens with one attached hydrogen (secondary N) is 1. The molecule has 4 N–H and O–H groups in total. The first-order valence-corrected chi connectivity index (χ1v) is 10.8. The molecule has 0 saturated heterocycles. The fourth-order valence-corrected chi connectivity index (χ4v) is 4.36. The van der Waals surface area contributed by atoms with Gasteiger partial charge < -0.3 is 25.4 Å². The summed E-state index contributed by atoms with van der Waals surface area (Å²) < 4.78 is 5.45. The average molecular weight is 454 g/mol. The summed E-state index contributed by atoms with van der Waals surface area (Å²) in [5.41, 5.74) is 4.86. The van der Waals surface area contributed by atoms with Crippen LogP contribution in [0.2, 0.25) is 5.02 Å². The Morgan fingerprint density at radius 2 is 1.62 bits per heavy atom. The molecule has 0 radical (unpaired) electrons. The quantitative estimate of drug-likeness (QED) is 0.426. The van der Waals surface area contributed by atoms with E-state index in [-0.39, 0.29) is 36.3 Å². The van der Waals surface area contributed by atoms with Crippen molar-refractivity contribution in [2.45, 2.75) is 24.5 Å². The number of amides is 1. The number of ether oxygens (including phenoxy) is 1. The number of fused-ring (bicyclic) bond motifs is 3. The highest BCUT2D eigenvalue weighted by atomic mass is 35.5. The molecule has 2 atom stereocenters. The number of alkyl carbamates (subject to hydrolysis) is 1. The summed E-state index contributed by atoms with van der Waals surface area (Å²) in [5.74, 6) is -0.133. The Morgan fingerprint density at radius 1 is 1.00 bits per heavy atom. The molecule has 0 heterocycles. The van der Waals surface area contributed by atoms with Crippen molar-refractivity contribution in [3.8, 4) is 16.9 Å². The highest BCUT2D eigenvalue weighted by Crippen LogP contribution is 2.44. The van der Waals surface area contributed by atoms with Gasteiger partial charge >= 0.3 is 6.09 Å². The van der Waals surface area contributed by atoms with E-state index in [2.05, 4.69) is 17.4 Å². The van der Waals surface area contributed by atoms with Gasteiger partial charge in [-0.05, 0) is 52.4 Å². The molecule has 0 bridgehead atoms. The number of phenols is 1.